The maximum absolute atomic E-state index is 4.62. The second-order valence-corrected chi connectivity index (χ2v) is 15.3. The molecule has 0 saturated heterocycles. The normalized spacial score (nSPS) is 11.3. The summed E-state index contributed by atoms with van der Waals surface area (Å²) in [5.41, 5.74) is 16.5. The average molecular weight is 732 g/mol. The van der Waals surface area contributed by atoms with Gasteiger partial charge in [0.2, 0.25) is 0 Å². The first-order valence-corrected chi connectivity index (χ1v) is 19.9. The van der Waals surface area contributed by atoms with Crippen LogP contribution in [0, 0.1) is 6.92 Å². The van der Waals surface area contributed by atoms with Gasteiger partial charge in [-0.1, -0.05) is 178 Å². The number of nitrogens with zero attached hydrogens (tertiary/aromatic N) is 1. The van der Waals surface area contributed by atoms with E-state index in [1.807, 2.05) is 0 Å². The van der Waals surface area contributed by atoms with E-state index in [-0.39, 0.29) is 0 Å². The van der Waals surface area contributed by atoms with Crippen molar-refractivity contribution in [2.24, 2.45) is 0 Å². The molecule has 0 bridgehead atoms. The number of benzene rings is 9. The van der Waals surface area contributed by atoms with Gasteiger partial charge < -0.3 is 4.90 Å². The Morgan fingerprint density at radius 1 is 0.456 bits per heavy atom. The van der Waals surface area contributed by atoms with E-state index in [2.05, 4.69) is 232 Å². The summed E-state index contributed by atoms with van der Waals surface area (Å²) in [4.78, 5) is 2.41. The van der Waals surface area contributed by atoms with Crippen LogP contribution < -0.4 is 4.90 Å². The molecule has 9 rings (SSSR count). The Morgan fingerprint density at radius 2 is 1.12 bits per heavy atom. The molecular formula is C56H45N. The summed E-state index contributed by atoms with van der Waals surface area (Å²) in [7, 11) is 0. The van der Waals surface area contributed by atoms with Gasteiger partial charge in [-0.15, -0.1) is 0 Å². The number of rotatable bonds is 9. The molecule has 0 saturated carbocycles. The quantitative estimate of drug-likeness (QED) is 0.143. The third-order valence-electron chi connectivity index (χ3n) is 11.3. The Morgan fingerprint density at radius 3 is 1.93 bits per heavy atom. The fourth-order valence-electron chi connectivity index (χ4n) is 8.29. The van der Waals surface area contributed by atoms with E-state index < -0.39 is 0 Å². The molecule has 0 fully saturated rings. The van der Waals surface area contributed by atoms with Crippen molar-refractivity contribution < 1.29 is 0 Å². The largest absolute Gasteiger partial charge is 0.310 e. The van der Waals surface area contributed by atoms with Gasteiger partial charge in [0.1, 0.15) is 0 Å². The Kier molecular flexibility index (Phi) is 9.58. The van der Waals surface area contributed by atoms with E-state index in [1.54, 1.807) is 0 Å². The van der Waals surface area contributed by atoms with Crippen LogP contribution in [0.5, 0.6) is 0 Å². The van der Waals surface area contributed by atoms with Gasteiger partial charge in [0.15, 0.2) is 0 Å². The summed E-state index contributed by atoms with van der Waals surface area (Å²) < 4.78 is 0. The van der Waals surface area contributed by atoms with Gasteiger partial charge in [-0.3, -0.25) is 0 Å². The van der Waals surface area contributed by atoms with E-state index in [1.165, 1.54) is 66.1 Å². The molecule has 0 radical (unpaired) electrons. The second-order valence-electron chi connectivity index (χ2n) is 15.3. The molecule has 1 heteroatoms. The lowest BCUT2D eigenvalue weighted by molar-refractivity contribution is 0.869. The molecule has 0 atom stereocenters. The third-order valence-corrected chi connectivity index (χ3v) is 11.3. The third kappa shape index (κ3) is 6.94. The molecule has 1 nitrogen and oxygen atoms in total. The molecule has 9 aromatic carbocycles. The van der Waals surface area contributed by atoms with Gasteiger partial charge >= 0.3 is 0 Å². The Labute approximate surface area is 336 Å². The van der Waals surface area contributed by atoms with Gasteiger partial charge in [-0.05, 0) is 133 Å². The van der Waals surface area contributed by atoms with Crippen LogP contribution in [0.3, 0.4) is 0 Å². The molecule has 0 aromatic heterocycles. The van der Waals surface area contributed by atoms with Crippen LogP contribution in [0.15, 0.2) is 207 Å². The number of anilines is 3. The highest BCUT2D eigenvalue weighted by molar-refractivity contribution is 5.99. The van der Waals surface area contributed by atoms with Crippen LogP contribution in [0.2, 0.25) is 0 Å². The summed E-state index contributed by atoms with van der Waals surface area (Å²) in [5.74, 6) is 0.391. The van der Waals surface area contributed by atoms with Gasteiger partial charge in [0, 0.05) is 16.8 Å². The smallest absolute Gasteiger partial charge is 0.0540 e. The summed E-state index contributed by atoms with van der Waals surface area (Å²) in [5, 5.41) is 4.89. The molecule has 0 heterocycles. The predicted octanol–water partition coefficient (Wildman–Crippen LogP) is 16.0. The molecule has 9 aromatic rings. The zero-order valence-electron chi connectivity index (χ0n) is 32.8. The molecular weight excluding hydrogens is 687 g/mol. The van der Waals surface area contributed by atoms with Crippen LogP contribution in [-0.2, 0) is 0 Å². The minimum Gasteiger partial charge on any atom is -0.310 e. The molecule has 0 spiro atoms. The molecule has 0 amide bonds. The second kappa shape index (κ2) is 15.3. The van der Waals surface area contributed by atoms with Gasteiger partial charge in [-0.2, -0.15) is 0 Å². The minimum absolute atomic E-state index is 0.391. The SMILES string of the molecule is C=C(c1ccc2ccccc2c1)c1ccccc1-c1cc(-c2ccc(N(c3ccc(C(C)C)c(-c4ccccc4)c3)c3cccc4ccccc34)cc2)ccc1C. The molecule has 0 aliphatic rings. The summed E-state index contributed by atoms with van der Waals surface area (Å²) in [6.45, 7) is 11.4. The zero-order valence-corrected chi connectivity index (χ0v) is 32.8. The molecule has 0 unspecified atom stereocenters. The topological polar surface area (TPSA) is 3.24 Å². The lowest BCUT2D eigenvalue weighted by Gasteiger charge is -2.28. The van der Waals surface area contributed by atoms with Crippen LogP contribution >= 0.6 is 0 Å². The molecule has 0 N–H and O–H groups in total. The number of hydrogen-bond donors (Lipinski definition) is 0. The van der Waals surface area contributed by atoms with Crippen LogP contribution in [0.25, 0.3) is 60.5 Å². The fourth-order valence-corrected chi connectivity index (χ4v) is 8.29. The lowest BCUT2D eigenvalue weighted by Crippen LogP contribution is -2.11. The summed E-state index contributed by atoms with van der Waals surface area (Å²) >= 11 is 0. The van der Waals surface area contributed by atoms with Crippen molar-refractivity contribution in [1.82, 2.24) is 0 Å². The van der Waals surface area contributed by atoms with Crippen molar-refractivity contribution in [2.45, 2.75) is 26.7 Å². The Hall–Kier alpha value is -6.96. The number of fused-ring (bicyclic) bond motifs is 2. The molecule has 57 heavy (non-hydrogen) atoms. The van der Waals surface area contributed by atoms with E-state index in [9.17, 15) is 0 Å². The van der Waals surface area contributed by atoms with Gasteiger partial charge in [0.05, 0.1) is 5.69 Å². The van der Waals surface area contributed by atoms with E-state index in [0.717, 1.165) is 33.8 Å². The standard InChI is InChI=1S/C56H45N/c1-38(2)50-34-33-49(37-55(50)44-16-6-5-7-17-44)57(56-24-14-20-43-18-10-11-22-52(43)56)48-31-29-42(30-32-48)47-26-25-39(3)54(36-47)53-23-13-12-21-51(53)40(4)45-28-27-41-15-8-9-19-46(41)35-45/h5-38H,4H2,1-3H3. The first kappa shape index (κ1) is 35.7. The Bertz CT molecular complexity index is 2890. The van der Waals surface area contributed by atoms with E-state index >= 15 is 0 Å². The predicted molar refractivity (Wildman–Crippen MR) is 246 cm³/mol. The number of aryl methyl sites for hydroxylation is 1. The van der Waals surface area contributed by atoms with Crippen LogP contribution in [-0.4, -0.2) is 0 Å². The monoisotopic (exact) mass is 731 g/mol. The summed E-state index contributed by atoms with van der Waals surface area (Å²) in [6, 6.07) is 72.8. The lowest BCUT2D eigenvalue weighted by atomic mass is 9.88. The van der Waals surface area contributed by atoms with Crippen molar-refractivity contribution in [3.8, 4) is 33.4 Å². The first-order valence-electron chi connectivity index (χ1n) is 19.9. The highest BCUT2D eigenvalue weighted by Gasteiger charge is 2.19. The highest BCUT2D eigenvalue weighted by atomic mass is 15.1. The van der Waals surface area contributed by atoms with E-state index in [0.29, 0.717) is 5.92 Å². The van der Waals surface area contributed by atoms with Gasteiger partial charge in [-0.25, -0.2) is 0 Å². The minimum atomic E-state index is 0.391. The zero-order chi connectivity index (χ0) is 38.9. The highest BCUT2D eigenvalue weighted by Crippen LogP contribution is 2.43. The fraction of sp³-hybridized carbons (Fsp3) is 0.0714. The van der Waals surface area contributed by atoms with Crippen molar-refractivity contribution in [1.29, 1.82) is 0 Å². The first-order chi connectivity index (χ1) is 27.9. The van der Waals surface area contributed by atoms with E-state index in [4.69, 9.17) is 0 Å². The van der Waals surface area contributed by atoms with Crippen molar-refractivity contribution >= 4 is 44.2 Å². The number of hydrogen-bond acceptors (Lipinski definition) is 1. The maximum Gasteiger partial charge on any atom is 0.0540 e. The van der Waals surface area contributed by atoms with Crippen molar-refractivity contribution in [3.05, 3.63) is 229 Å². The Balaban J connectivity index is 1.12. The maximum atomic E-state index is 4.62. The molecule has 0 aliphatic heterocycles. The average Bonchev–Trinajstić information content (AvgIpc) is 3.27. The molecule has 0 aliphatic carbocycles. The van der Waals surface area contributed by atoms with Crippen LogP contribution in [0.1, 0.15) is 42.0 Å². The van der Waals surface area contributed by atoms with Crippen molar-refractivity contribution in [3.63, 3.8) is 0 Å². The van der Waals surface area contributed by atoms with Crippen LogP contribution in [0.4, 0.5) is 17.1 Å². The summed E-state index contributed by atoms with van der Waals surface area (Å²) in [6.07, 6.45) is 0. The van der Waals surface area contributed by atoms with Crippen molar-refractivity contribution in [2.75, 3.05) is 4.90 Å². The van der Waals surface area contributed by atoms with Gasteiger partial charge in [0.25, 0.3) is 0 Å². The molecule has 274 valence electrons.